The van der Waals surface area contributed by atoms with Crippen LogP contribution in [0.3, 0.4) is 0 Å². The monoisotopic (exact) mass is 933 g/mol. The van der Waals surface area contributed by atoms with Crippen LogP contribution in [0, 0.1) is 0 Å². The van der Waals surface area contributed by atoms with Gasteiger partial charge in [0.2, 0.25) is 0 Å². The second-order valence-corrected chi connectivity index (χ2v) is 21.5. The number of thiophene rings is 1. The lowest BCUT2D eigenvalue weighted by molar-refractivity contribution is 0.633. The van der Waals surface area contributed by atoms with Gasteiger partial charge < -0.3 is 0 Å². The zero-order valence-electron chi connectivity index (χ0n) is 39.6. The first-order valence-electron chi connectivity index (χ1n) is 25.0. The topological polar surface area (TPSA) is 38.7 Å². The highest BCUT2D eigenvalue weighted by Crippen LogP contribution is 2.69. The van der Waals surface area contributed by atoms with E-state index >= 15 is 0 Å². The molecule has 2 spiro atoms. The lowest BCUT2D eigenvalue weighted by Crippen LogP contribution is -2.43. The number of nitrogens with zero attached hydrogens (tertiary/aromatic N) is 3. The van der Waals surface area contributed by atoms with Gasteiger partial charge in [0.15, 0.2) is 17.5 Å². The van der Waals surface area contributed by atoms with Crippen molar-refractivity contribution in [1.29, 1.82) is 0 Å². The van der Waals surface area contributed by atoms with Gasteiger partial charge in [0.1, 0.15) is 0 Å². The minimum Gasteiger partial charge on any atom is -0.208 e. The summed E-state index contributed by atoms with van der Waals surface area (Å²) in [4.78, 5) is 16.5. The van der Waals surface area contributed by atoms with E-state index in [0.717, 1.165) is 16.7 Å². The maximum Gasteiger partial charge on any atom is 0.164 e. The van der Waals surface area contributed by atoms with Crippen molar-refractivity contribution in [2.75, 3.05) is 0 Å². The molecular formula is C68H43N3S. The van der Waals surface area contributed by atoms with E-state index in [9.17, 15) is 0 Å². The molecule has 10 aromatic carbocycles. The summed E-state index contributed by atoms with van der Waals surface area (Å²) < 4.78 is 2.56. The lowest BCUT2D eigenvalue weighted by Gasteiger charge is -2.48. The van der Waals surface area contributed by atoms with Crippen molar-refractivity contribution in [3.8, 4) is 67.5 Å². The van der Waals surface area contributed by atoms with Gasteiger partial charge in [-0.25, -0.2) is 15.0 Å². The van der Waals surface area contributed by atoms with Crippen molar-refractivity contribution < 1.29 is 0 Å². The summed E-state index contributed by atoms with van der Waals surface area (Å²) in [7, 11) is 0. The van der Waals surface area contributed by atoms with Gasteiger partial charge in [0.05, 0.1) is 10.8 Å². The highest BCUT2D eigenvalue weighted by Gasteiger charge is 2.59. The van der Waals surface area contributed by atoms with E-state index in [2.05, 4.69) is 238 Å². The average molecular weight is 934 g/mol. The van der Waals surface area contributed by atoms with Crippen LogP contribution in [0.4, 0.5) is 0 Å². The quantitative estimate of drug-likeness (QED) is 0.177. The van der Waals surface area contributed by atoms with E-state index < -0.39 is 10.8 Å². The van der Waals surface area contributed by atoms with Crippen LogP contribution in [0.15, 0.2) is 224 Å². The second kappa shape index (κ2) is 14.3. The van der Waals surface area contributed by atoms with E-state index in [1.165, 1.54) is 109 Å². The van der Waals surface area contributed by atoms with Crippen molar-refractivity contribution in [3.63, 3.8) is 0 Å². The van der Waals surface area contributed by atoms with Gasteiger partial charge in [0.25, 0.3) is 0 Å². The molecule has 336 valence electrons. The summed E-state index contributed by atoms with van der Waals surface area (Å²) in [6.07, 6.45) is 0. The molecule has 0 amide bonds. The smallest absolute Gasteiger partial charge is 0.164 e. The summed E-state index contributed by atoms with van der Waals surface area (Å²) in [5.41, 5.74) is 22.2. The van der Waals surface area contributed by atoms with E-state index in [-0.39, 0.29) is 5.41 Å². The third-order valence-electron chi connectivity index (χ3n) is 16.8. The standard InChI is InChI=1S/C68H43N3S/c1-66(2)49-26-10-6-21-42(49)45-36-35-41(39-58(45)66)64-69-63(40-19-4-3-5-20-40)70-65(71-64)48-25-18-33-56-60(48)61-57(38-37-47-46-24-9-17-34-59(46)72-62(47)61)68(56)54-31-15-13-29-52(54)67(53-30-14-16-32-55(53)68)50-27-11-7-22-43(50)44-23-8-12-28-51(44)67/h3-39H,1-2H3. The summed E-state index contributed by atoms with van der Waals surface area (Å²) in [5, 5.41) is 2.54. The van der Waals surface area contributed by atoms with E-state index in [1.807, 2.05) is 11.3 Å². The van der Waals surface area contributed by atoms with E-state index in [0.29, 0.717) is 17.5 Å². The zero-order valence-corrected chi connectivity index (χ0v) is 40.4. The molecule has 4 aliphatic carbocycles. The Labute approximate surface area is 421 Å². The van der Waals surface area contributed by atoms with E-state index in [1.54, 1.807) is 0 Å². The van der Waals surface area contributed by atoms with Crippen LogP contribution in [0.25, 0.3) is 87.7 Å². The van der Waals surface area contributed by atoms with Gasteiger partial charge in [-0.3, -0.25) is 0 Å². The predicted octanol–water partition coefficient (Wildman–Crippen LogP) is 16.6. The molecular weight excluding hydrogens is 891 g/mol. The number of fused-ring (bicyclic) bond motifs is 23. The summed E-state index contributed by atoms with van der Waals surface area (Å²) in [6, 6.07) is 83.6. The Bertz CT molecular complexity index is 4230. The van der Waals surface area contributed by atoms with Crippen molar-refractivity contribution in [2.45, 2.75) is 30.1 Å². The number of aromatic nitrogens is 3. The molecule has 0 unspecified atom stereocenters. The van der Waals surface area contributed by atoms with Crippen molar-refractivity contribution >= 4 is 31.5 Å². The zero-order chi connectivity index (χ0) is 47.5. The third kappa shape index (κ3) is 4.92. The Morgan fingerprint density at radius 2 is 0.778 bits per heavy atom. The molecule has 16 rings (SSSR count). The predicted molar refractivity (Wildman–Crippen MR) is 295 cm³/mol. The molecule has 72 heavy (non-hydrogen) atoms. The van der Waals surface area contributed by atoms with Crippen molar-refractivity contribution in [3.05, 3.63) is 280 Å². The summed E-state index contributed by atoms with van der Waals surface area (Å²) >= 11 is 1.90. The number of rotatable bonds is 3. The summed E-state index contributed by atoms with van der Waals surface area (Å²) in [6.45, 7) is 4.66. The molecule has 3 nitrogen and oxygen atoms in total. The minimum atomic E-state index is -0.686. The van der Waals surface area contributed by atoms with Crippen molar-refractivity contribution in [1.82, 2.24) is 15.0 Å². The average Bonchev–Trinajstić information content (AvgIpc) is 4.13. The van der Waals surface area contributed by atoms with Crippen LogP contribution < -0.4 is 0 Å². The molecule has 4 aliphatic rings. The van der Waals surface area contributed by atoms with Gasteiger partial charge in [-0.05, 0) is 95.6 Å². The molecule has 0 radical (unpaired) electrons. The highest BCUT2D eigenvalue weighted by molar-refractivity contribution is 7.26. The normalized spacial score (nSPS) is 15.1. The Kier molecular flexibility index (Phi) is 7.97. The molecule has 0 aliphatic heterocycles. The van der Waals surface area contributed by atoms with Gasteiger partial charge >= 0.3 is 0 Å². The van der Waals surface area contributed by atoms with Crippen LogP contribution >= 0.6 is 11.3 Å². The van der Waals surface area contributed by atoms with Gasteiger partial charge in [-0.2, -0.15) is 0 Å². The fraction of sp³-hybridized carbons (Fsp3) is 0.0735. The molecule has 12 aromatic rings. The SMILES string of the molecule is CC1(C)c2ccccc2-c2ccc(-c3nc(-c4ccccc4)nc(-c4cccc5c4-c4c(ccc6c4sc4ccccc46)C54c5ccccc5C5(c6ccccc6-c6ccccc65)c5ccccc54)n3)cc21. The van der Waals surface area contributed by atoms with Crippen LogP contribution in [0.5, 0.6) is 0 Å². The lowest BCUT2D eigenvalue weighted by atomic mass is 9.52. The Morgan fingerprint density at radius 1 is 0.306 bits per heavy atom. The van der Waals surface area contributed by atoms with Gasteiger partial charge in [-0.1, -0.05) is 226 Å². The van der Waals surface area contributed by atoms with Crippen LogP contribution in [-0.2, 0) is 16.2 Å². The maximum atomic E-state index is 5.61. The highest BCUT2D eigenvalue weighted by atomic mass is 32.1. The summed E-state index contributed by atoms with van der Waals surface area (Å²) in [5.74, 6) is 1.97. The largest absolute Gasteiger partial charge is 0.208 e. The first kappa shape index (κ1) is 40.2. The molecule has 0 saturated carbocycles. The van der Waals surface area contributed by atoms with Gasteiger partial charge in [0, 0.05) is 47.8 Å². The van der Waals surface area contributed by atoms with Crippen LogP contribution in [0.2, 0.25) is 0 Å². The molecule has 4 heteroatoms. The molecule has 0 N–H and O–H groups in total. The third-order valence-corrected chi connectivity index (χ3v) is 18.0. The maximum absolute atomic E-state index is 5.61. The fourth-order valence-corrected chi connectivity index (χ4v) is 15.2. The van der Waals surface area contributed by atoms with Crippen LogP contribution in [-0.4, -0.2) is 15.0 Å². The number of hydrogen-bond acceptors (Lipinski definition) is 4. The molecule has 2 heterocycles. The van der Waals surface area contributed by atoms with Crippen LogP contribution in [0.1, 0.15) is 69.5 Å². The molecule has 2 aromatic heterocycles. The molecule has 0 fully saturated rings. The first-order valence-corrected chi connectivity index (χ1v) is 25.8. The number of benzene rings is 10. The fourth-order valence-electron chi connectivity index (χ4n) is 14.0. The Hall–Kier alpha value is -8.57. The first-order chi connectivity index (χ1) is 35.5. The number of hydrogen-bond donors (Lipinski definition) is 0. The molecule has 0 atom stereocenters. The van der Waals surface area contributed by atoms with E-state index in [4.69, 9.17) is 15.0 Å². The van der Waals surface area contributed by atoms with Gasteiger partial charge in [-0.15, -0.1) is 11.3 Å². The molecule has 0 bridgehead atoms. The molecule has 0 saturated heterocycles. The Morgan fingerprint density at radius 3 is 1.44 bits per heavy atom. The van der Waals surface area contributed by atoms with Crippen molar-refractivity contribution in [2.24, 2.45) is 0 Å². The minimum absolute atomic E-state index is 0.179. The second-order valence-electron chi connectivity index (χ2n) is 20.5. The Balaban J connectivity index is 1.02.